The molecule has 7 nitrogen and oxygen atoms in total. The Morgan fingerprint density at radius 1 is 1.50 bits per heavy atom. The molecule has 108 valence electrons. The van der Waals surface area contributed by atoms with Crippen molar-refractivity contribution in [3.8, 4) is 6.07 Å². The quantitative estimate of drug-likeness (QED) is 0.685. The summed E-state index contributed by atoms with van der Waals surface area (Å²) in [5, 5.41) is 8.75. The molecule has 1 rings (SSSR count). The Morgan fingerprint density at radius 2 is 2.20 bits per heavy atom. The van der Waals surface area contributed by atoms with E-state index in [0.717, 1.165) is 0 Å². The minimum absolute atomic E-state index is 0.00885. The molecule has 0 unspecified atom stereocenters. The summed E-state index contributed by atoms with van der Waals surface area (Å²) in [5.41, 5.74) is 5.03. The molecule has 0 fully saturated rings. The van der Waals surface area contributed by atoms with E-state index < -0.39 is 15.9 Å². The molecule has 0 aromatic heterocycles. The van der Waals surface area contributed by atoms with Crippen molar-refractivity contribution >= 4 is 27.5 Å². The third-order valence-corrected chi connectivity index (χ3v) is 4.08. The Hall–Kier alpha value is -1.66. The normalized spacial score (nSPS) is 11.0. The topological polar surface area (TPSA) is 122 Å². The van der Waals surface area contributed by atoms with E-state index >= 15 is 0 Å². The van der Waals surface area contributed by atoms with Gasteiger partial charge in [0.15, 0.2) is 0 Å². The number of nitrogens with zero attached hydrogens (tertiary/aromatic N) is 1. The van der Waals surface area contributed by atoms with E-state index in [0.29, 0.717) is 0 Å². The fourth-order valence-electron chi connectivity index (χ4n) is 1.28. The summed E-state index contributed by atoms with van der Waals surface area (Å²) in [7, 11) is -3.85. The predicted octanol–water partition coefficient (Wildman–Crippen LogP) is -0.00812. The molecule has 0 saturated carbocycles. The van der Waals surface area contributed by atoms with Crippen molar-refractivity contribution in [3.63, 3.8) is 0 Å². The molecule has 9 heteroatoms. The highest BCUT2D eigenvalue weighted by Gasteiger charge is 2.18. The number of ether oxygens (including phenoxy) is 1. The van der Waals surface area contributed by atoms with Crippen LogP contribution in [0.2, 0.25) is 5.02 Å². The molecule has 0 spiro atoms. The van der Waals surface area contributed by atoms with Gasteiger partial charge in [0, 0.05) is 6.54 Å². The van der Waals surface area contributed by atoms with Crippen LogP contribution in [-0.2, 0) is 19.6 Å². The van der Waals surface area contributed by atoms with E-state index in [9.17, 15) is 13.2 Å². The molecular formula is C11H12ClN3O4S. The van der Waals surface area contributed by atoms with Crippen LogP contribution in [-0.4, -0.2) is 34.1 Å². The third-order valence-electron chi connectivity index (χ3n) is 2.13. The van der Waals surface area contributed by atoms with Crippen LogP contribution in [0.3, 0.4) is 0 Å². The number of carbonyl (C=O) groups excluding carboxylic acids is 1. The first-order valence-corrected chi connectivity index (χ1v) is 7.28. The molecule has 0 aliphatic heterocycles. The number of halogens is 1. The minimum atomic E-state index is -3.85. The molecule has 0 saturated heterocycles. The second kappa shape index (κ2) is 7.21. The Kier molecular flexibility index (Phi) is 5.91. The number of sulfonamides is 1. The average Bonchev–Trinajstić information content (AvgIpc) is 2.38. The zero-order chi connectivity index (χ0) is 15.2. The van der Waals surface area contributed by atoms with Crippen molar-refractivity contribution in [1.82, 2.24) is 4.72 Å². The highest BCUT2D eigenvalue weighted by Crippen LogP contribution is 2.22. The molecule has 3 N–H and O–H groups in total. The first-order valence-electron chi connectivity index (χ1n) is 5.42. The molecule has 0 aliphatic rings. The summed E-state index contributed by atoms with van der Waals surface area (Å²) >= 11 is 5.80. The van der Waals surface area contributed by atoms with E-state index in [1.54, 1.807) is 0 Å². The number of hydrogen-bond donors (Lipinski definition) is 2. The van der Waals surface area contributed by atoms with Gasteiger partial charge in [-0.2, -0.15) is 5.26 Å². The number of nitriles is 1. The number of amides is 1. The number of benzene rings is 1. The van der Waals surface area contributed by atoms with Crippen LogP contribution in [0.1, 0.15) is 5.56 Å². The monoisotopic (exact) mass is 317 g/mol. The summed E-state index contributed by atoms with van der Waals surface area (Å²) in [5.74, 6) is -0.641. The maximum atomic E-state index is 12.0. The van der Waals surface area contributed by atoms with E-state index in [1.165, 1.54) is 18.2 Å². The number of rotatable bonds is 7. The highest BCUT2D eigenvalue weighted by molar-refractivity contribution is 7.89. The molecular weight excluding hydrogens is 306 g/mol. The van der Waals surface area contributed by atoms with E-state index in [-0.39, 0.29) is 35.2 Å². The molecule has 1 aromatic rings. The van der Waals surface area contributed by atoms with Crippen LogP contribution in [0, 0.1) is 11.3 Å². The molecule has 0 radical (unpaired) electrons. The number of carbonyl (C=O) groups is 1. The fraction of sp³-hybridized carbons (Fsp3) is 0.273. The van der Waals surface area contributed by atoms with Gasteiger partial charge in [-0.1, -0.05) is 11.6 Å². The lowest BCUT2D eigenvalue weighted by Crippen LogP contribution is -2.29. The number of nitrogens with one attached hydrogen (secondary N) is 1. The molecule has 0 heterocycles. The van der Waals surface area contributed by atoms with E-state index in [4.69, 9.17) is 27.3 Å². The maximum absolute atomic E-state index is 12.0. The van der Waals surface area contributed by atoms with Crippen molar-refractivity contribution in [2.75, 3.05) is 19.8 Å². The highest BCUT2D eigenvalue weighted by atomic mass is 35.5. The summed E-state index contributed by atoms with van der Waals surface area (Å²) in [4.78, 5) is 10.2. The molecule has 0 aliphatic carbocycles. The fourth-order valence-corrected chi connectivity index (χ4v) is 2.81. The van der Waals surface area contributed by atoms with Gasteiger partial charge in [0.25, 0.3) is 0 Å². The zero-order valence-electron chi connectivity index (χ0n) is 10.3. The van der Waals surface area contributed by atoms with Crippen LogP contribution < -0.4 is 10.5 Å². The lowest BCUT2D eigenvalue weighted by Gasteiger charge is -2.08. The molecule has 0 bridgehead atoms. The number of hydrogen-bond acceptors (Lipinski definition) is 5. The number of nitrogens with two attached hydrogens (primary N) is 1. The van der Waals surface area contributed by atoms with Crippen molar-refractivity contribution in [2.45, 2.75) is 4.90 Å². The van der Waals surface area contributed by atoms with Crippen LogP contribution in [0.5, 0.6) is 0 Å². The largest absolute Gasteiger partial charge is 0.370 e. The standard InChI is InChI=1S/C11H12ClN3O4S/c12-9-2-1-8(6-13)5-10(9)20(17,18)15-3-4-19-7-11(14)16/h1-2,5,15H,3-4,7H2,(H2,14,16). The van der Waals surface area contributed by atoms with Gasteiger partial charge in [0.1, 0.15) is 11.5 Å². The molecule has 0 atom stereocenters. The first-order chi connectivity index (χ1) is 9.36. The van der Waals surface area contributed by atoms with E-state index in [2.05, 4.69) is 4.72 Å². The smallest absolute Gasteiger partial charge is 0.243 e. The molecule has 1 amide bonds. The summed E-state index contributed by atoms with van der Waals surface area (Å²) in [6.45, 7) is -0.354. The van der Waals surface area contributed by atoms with Crippen molar-refractivity contribution < 1.29 is 17.9 Å². The van der Waals surface area contributed by atoms with E-state index in [1.807, 2.05) is 6.07 Å². The van der Waals surface area contributed by atoms with Crippen LogP contribution in [0.15, 0.2) is 23.1 Å². The van der Waals surface area contributed by atoms with Gasteiger partial charge in [-0.3, -0.25) is 4.79 Å². The Bertz CT molecular complexity index is 640. The lowest BCUT2D eigenvalue weighted by atomic mass is 10.2. The SMILES string of the molecule is N#Cc1ccc(Cl)c(S(=O)(=O)NCCOCC(N)=O)c1. The Labute approximate surface area is 121 Å². The van der Waals surface area contributed by atoms with Crippen LogP contribution >= 0.6 is 11.6 Å². The van der Waals surface area contributed by atoms with Crippen molar-refractivity contribution in [2.24, 2.45) is 5.73 Å². The maximum Gasteiger partial charge on any atom is 0.243 e. The summed E-state index contributed by atoms with van der Waals surface area (Å²) < 4.78 is 31.0. The summed E-state index contributed by atoms with van der Waals surface area (Å²) in [6.07, 6.45) is 0. The Morgan fingerprint density at radius 3 is 2.80 bits per heavy atom. The van der Waals surface area contributed by atoms with Gasteiger partial charge in [-0.25, -0.2) is 13.1 Å². The van der Waals surface area contributed by atoms with Crippen LogP contribution in [0.25, 0.3) is 0 Å². The first kappa shape index (κ1) is 16.4. The average molecular weight is 318 g/mol. The van der Waals surface area contributed by atoms with Gasteiger partial charge >= 0.3 is 0 Å². The zero-order valence-corrected chi connectivity index (χ0v) is 11.9. The van der Waals surface area contributed by atoms with Gasteiger partial charge in [0.05, 0.1) is 23.3 Å². The molecule has 20 heavy (non-hydrogen) atoms. The van der Waals surface area contributed by atoms with Crippen molar-refractivity contribution in [3.05, 3.63) is 28.8 Å². The van der Waals surface area contributed by atoms with Gasteiger partial charge < -0.3 is 10.5 Å². The van der Waals surface area contributed by atoms with Gasteiger partial charge in [-0.15, -0.1) is 0 Å². The predicted molar refractivity (Wildman–Crippen MR) is 71.4 cm³/mol. The van der Waals surface area contributed by atoms with Gasteiger partial charge in [0.2, 0.25) is 15.9 Å². The minimum Gasteiger partial charge on any atom is -0.370 e. The molecule has 1 aromatic carbocycles. The van der Waals surface area contributed by atoms with Crippen LogP contribution in [0.4, 0.5) is 0 Å². The number of primary amides is 1. The Balaban J connectivity index is 2.70. The van der Waals surface area contributed by atoms with Crippen molar-refractivity contribution in [1.29, 1.82) is 5.26 Å². The second-order valence-electron chi connectivity index (χ2n) is 3.67. The third kappa shape index (κ3) is 4.79. The summed E-state index contributed by atoms with van der Waals surface area (Å²) in [6, 6.07) is 5.75. The van der Waals surface area contributed by atoms with Gasteiger partial charge in [-0.05, 0) is 18.2 Å². The lowest BCUT2D eigenvalue weighted by molar-refractivity contribution is -0.122. The second-order valence-corrected chi connectivity index (χ2v) is 5.82.